The lowest BCUT2D eigenvalue weighted by molar-refractivity contribution is 0.586. The van der Waals surface area contributed by atoms with E-state index >= 15 is 0 Å². The minimum atomic E-state index is 0.0612. The second-order valence-electron chi connectivity index (χ2n) is 6.14. The standard InChI is InChI=1S/C16H24N4S/c1-7-11-10(3)13(17-8-2)20-14(18-11)12-9-21-15(19-12)16(4,5)6/h9H,7-8H2,1-6H3,(H,17,18,20). The quantitative estimate of drug-likeness (QED) is 0.919. The SMILES string of the molecule is CCNc1nc(-c2csc(C(C)(C)C)n2)nc(CC)c1C. The van der Waals surface area contributed by atoms with E-state index in [1.54, 1.807) is 11.3 Å². The molecular formula is C16H24N4S. The Balaban J connectivity index is 2.48. The van der Waals surface area contributed by atoms with Gasteiger partial charge in [0.25, 0.3) is 0 Å². The lowest BCUT2D eigenvalue weighted by Crippen LogP contribution is -2.11. The molecule has 0 aliphatic rings. The molecular weight excluding hydrogens is 280 g/mol. The average molecular weight is 304 g/mol. The summed E-state index contributed by atoms with van der Waals surface area (Å²) in [6.07, 6.45) is 0.899. The number of rotatable bonds is 4. The van der Waals surface area contributed by atoms with Crippen LogP contribution in [0.5, 0.6) is 0 Å². The van der Waals surface area contributed by atoms with Crippen LogP contribution in [0.4, 0.5) is 5.82 Å². The predicted molar refractivity (Wildman–Crippen MR) is 90.1 cm³/mol. The van der Waals surface area contributed by atoms with E-state index in [2.05, 4.69) is 57.2 Å². The molecule has 0 amide bonds. The van der Waals surface area contributed by atoms with Crippen molar-refractivity contribution >= 4 is 17.2 Å². The van der Waals surface area contributed by atoms with E-state index in [9.17, 15) is 0 Å². The predicted octanol–water partition coefficient (Wildman–Crippen LogP) is 4.20. The summed E-state index contributed by atoms with van der Waals surface area (Å²) in [5.41, 5.74) is 3.15. The summed E-state index contributed by atoms with van der Waals surface area (Å²) < 4.78 is 0. The highest BCUT2D eigenvalue weighted by Gasteiger charge is 2.20. The van der Waals surface area contributed by atoms with E-state index in [0.29, 0.717) is 0 Å². The van der Waals surface area contributed by atoms with E-state index < -0.39 is 0 Å². The van der Waals surface area contributed by atoms with Gasteiger partial charge in [0.15, 0.2) is 5.82 Å². The van der Waals surface area contributed by atoms with Gasteiger partial charge >= 0.3 is 0 Å². The number of anilines is 1. The largest absolute Gasteiger partial charge is 0.370 e. The summed E-state index contributed by atoms with van der Waals surface area (Å²) >= 11 is 1.68. The Morgan fingerprint density at radius 2 is 1.86 bits per heavy atom. The van der Waals surface area contributed by atoms with Crippen molar-refractivity contribution in [2.45, 2.75) is 53.4 Å². The third kappa shape index (κ3) is 3.40. The Hall–Kier alpha value is -1.49. The fourth-order valence-corrected chi connectivity index (χ4v) is 2.97. The second-order valence-corrected chi connectivity index (χ2v) is 7.00. The van der Waals surface area contributed by atoms with Crippen LogP contribution in [-0.4, -0.2) is 21.5 Å². The number of hydrogen-bond acceptors (Lipinski definition) is 5. The van der Waals surface area contributed by atoms with Gasteiger partial charge in [-0.1, -0.05) is 27.7 Å². The normalized spacial score (nSPS) is 11.7. The zero-order chi connectivity index (χ0) is 15.6. The Bertz CT molecular complexity index is 626. The van der Waals surface area contributed by atoms with Crippen LogP contribution in [0.2, 0.25) is 0 Å². The molecule has 2 heterocycles. The highest BCUT2D eigenvalue weighted by molar-refractivity contribution is 7.10. The van der Waals surface area contributed by atoms with Gasteiger partial charge in [-0.3, -0.25) is 0 Å². The van der Waals surface area contributed by atoms with Crippen molar-refractivity contribution in [3.8, 4) is 11.5 Å². The summed E-state index contributed by atoms with van der Waals surface area (Å²) in [5.74, 6) is 1.64. The van der Waals surface area contributed by atoms with Gasteiger partial charge in [-0.25, -0.2) is 15.0 Å². The van der Waals surface area contributed by atoms with Crippen LogP contribution in [0, 0.1) is 6.92 Å². The molecule has 0 fully saturated rings. The maximum atomic E-state index is 4.72. The molecule has 1 N–H and O–H groups in total. The third-order valence-electron chi connectivity index (χ3n) is 3.30. The number of aromatic nitrogens is 3. The first-order chi connectivity index (χ1) is 9.86. The van der Waals surface area contributed by atoms with Crippen molar-refractivity contribution < 1.29 is 0 Å². The number of hydrogen-bond donors (Lipinski definition) is 1. The maximum absolute atomic E-state index is 4.72. The highest BCUT2D eigenvalue weighted by Crippen LogP contribution is 2.29. The fraction of sp³-hybridized carbons (Fsp3) is 0.562. The molecule has 21 heavy (non-hydrogen) atoms. The van der Waals surface area contributed by atoms with E-state index in [-0.39, 0.29) is 5.41 Å². The Labute approximate surface area is 131 Å². The van der Waals surface area contributed by atoms with Crippen molar-refractivity contribution in [1.82, 2.24) is 15.0 Å². The molecule has 0 bridgehead atoms. The van der Waals surface area contributed by atoms with Gasteiger partial charge in [-0.05, 0) is 20.3 Å². The monoisotopic (exact) mass is 304 g/mol. The third-order valence-corrected chi connectivity index (χ3v) is 4.57. The Kier molecular flexibility index (Phi) is 4.61. The molecule has 2 aromatic heterocycles. The second kappa shape index (κ2) is 6.10. The number of nitrogens with zero attached hydrogens (tertiary/aromatic N) is 3. The molecule has 5 heteroatoms. The lowest BCUT2D eigenvalue weighted by atomic mass is 9.98. The van der Waals surface area contributed by atoms with Crippen LogP contribution in [0.15, 0.2) is 5.38 Å². The van der Waals surface area contributed by atoms with Gasteiger partial charge < -0.3 is 5.32 Å². The summed E-state index contributed by atoms with van der Waals surface area (Å²) in [6, 6.07) is 0. The molecule has 0 atom stereocenters. The first kappa shape index (κ1) is 15.9. The summed E-state index contributed by atoms with van der Waals surface area (Å²) in [6.45, 7) is 13.6. The van der Waals surface area contributed by atoms with Crippen LogP contribution in [0.3, 0.4) is 0 Å². The van der Waals surface area contributed by atoms with Crippen molar-refractivity contribution in [2.24, 2.45) is 0 Å². The van der Waals surface area contributed by atoms with Crippen LogP contribution in [0.25, 0.3) is 11.5 Å². The number of nitrogens with one attached hydrogen (secondary N) is 1. The fourth-order valence-electron chi connectivity index (χ4n) is 2.08. The molecule has 0 saturated heterocycles. The van der Waals surface area contributed by atoms with Crippen molar-refractivity contribution in [2.75, 3.05) is 11.9 Å². The molecule has 4 nitrogen and oxygen atoms in total. The van der Waals surface area contributed by atoms with Gasteiger partial charge in [0.05, 0.1) is 5.01 Å². The molecule has 0 spiro atoms. The summed E-state index contributed by atoms with van der Waals surface area (Å²) in [7, 11) is 0. The van der Waals surface area contributed by atoms with Gasteiger partial charge in [0, 0.05) is 28.6 Å². The summed E-state index contributed by atoms with van der Waals surface area (Å²) in [5, 5.41) is 6.49. The molecule has 0 radical (unpaired) electrons. The molecule has 2 rings (SSSR count). The zero-order valence-electron chi connectivity index (χ0n) is 13.7. The van der Waals surface area contributed by atoms with Gasteiger partial charge in [-0.15, -0.1) is 11.3 Å². The maximum Gasteiger partial charge on any atom is 0.181 e. The minimum absolute atomic E-state index is 0.0612. The molecule has 0 unspecified atom stereocenters. The van der Waals surface area contributed by atoms with Crippen LogP contribution in [0.1, 0.15) is 50.9 Å². The molecule has 0 aromatic carbocycles. The van der Waals surface area contributed by atoms with Crippen molar-refractivity contribution in [3.05, 3.63) is 21.6 Å². The van der Waals surface area contributed by atoms with E-state index in [1.165, 1.54) is 0 Å². The van der Waals surface area contributed by atoms with E-state index in [1.807, 2.05) is 0 Å². The Morgan fingerprint density at radius 1 is 1.14 bits per heavy atom. The van der Waals surface area contributed by atoms with Gasteiger partial charge in [0.1, 0.15) is 11.5 Å². The van der Waals surface area contributed by atoms with E-state index in [4.69, 9.17) is 9.97 Å². The van der Waals surface area contributed by atoms with Gasteiger partial charge in [-0.2, -0.15) is 0 Å². The topological polar surface area (TPSA) is 50.7 Å². The van der Waals surface area contributed by atoms with Crippen LogP contribution < -0.4 is 5.32 Å². The van der Waals surface area contributed by atoms with Gasteiger partial charge in [0.2, 0.25) is 0 Å². The molecule has 0 aliphatic carbocycles. The van der Waals surface area contributed by atoms with Crippen molar-refractivity contribution in [3.63, 3.8) is 0 Å². The molecule has 114 valence electrons. The zero-order valence-corrected chi connectivity index (χ0v) is 14.6. The van der Waals surface area contributed by atoms with E-state index in [0.717, 1.165) is 46.6 Å². The Morgan fingerprint density at radius 3 is 2.38 bits per heavy atom. The molecule has 2 aromatic rings. The smallest absolute Gasteiger partial charge is 0.181 e. The number of aryl methyl sites for hydroxylation is 1. The van der Waals surface area contributed by atoms with Crippen LogP contribution >= 0.6 is 11.3 Å². The first-order valence-electron chi connectivity index (χ1n) is 7.44. The van der Waals surface area contributed by atoms with Crippen LogP contribution in [-0.2, 0) is 11.8 Å². The first-order valence-corrected chi connectivity index (χ1v) is 8.32. The minimum Gasteiger partial charge on any atom is -0.370 e. The lowest BCUT2D eigenvalue weighted by Gasteiger charge is -2.14. The molecule has 0 saturated carbocycles. The average Bonchev–Trinajstić information content (AvgIpc) is 2.91. The van der Waals surface area contributed by atoms with Crippen molar-refractivity contribution in [1.29, 1.82) is 0 Å². The highest BCUT2D eigenvalue weighted by atomic mass is 32.1. The summed E-state index contributed by atoms with van der Waals surface area (Å²) in [4.78, 5) is 14.1. The number of thiazole rings is 1. The molecule has 0 aliphatic heterocycles.